The third-order valence-electron chi connectivity index (χ3n) is 3.27. The van der Waals surface area contributed by atoms with Crippen LogP contribution in [-0.2, 0) is 19.2 Å². The number of carbonyl (C=O) groups excluding carboxylic acids is 4. The number of rotatable bonds is 5. The summed E-state index contributed by atoms with van der Waals surface area (Å²) in [6.45, 7) is 2.07. The third kappa shape index (κ3) is 2.47. The van der Waals surface area contributed by atoms with Gasteiger partial charge < -0.3 is 0 Å². The highest BCUT2D eigenvalue weighted by molar-refractivity contribution is 6.13. The Bertz CT molecular complexity index is 471. The highest BCUT2D eigenvalue weighted by atomic mass is 16.2. The molecule has 2 aliphatic heterocycles. The van der Waals surface area contributed by atoms with E-state index in [1.807, 2.05) is 6.92 Å². The summed E-state index contributed by atoms with van der Waals surface area (Å²) in [5.74, 6) is -1.38. The molecule has 0 aromatic rings. The van der Waals surface area contributed by atoms with E-state index in [0.717, 1.165) is 4.90 Å². The standard InChI is InChI=1S/C13H14N2O4/c1-2-9(15-12(18)5-6-13(15)19)7-8-14-10(16)3-4-11(14)17/h3-6,9H,2,7-8H2,1H3. The number of hydrogen-bond donors (Lipinski definition) is 0. The SMILES string of the molecule is CCC(CCN1C(=O)C=CC1=O)N1C(=O)C=CC1=O. The summed E-state index contributed by atoms with van der Waals surface area (Å²) in [6.07, 6.45) is 5.89. The molecule has 100 valence electrons. The Hall–Kier alpha value is -2.24. The van der Waals surface area contributed by atoms with Crippen LogP contribution in [0.4, 0.5) is 0 Å². The van der Waals surface area contributed by atoms with Gasteiger partial charge in [-0.25, -0.2) is 0 Å². The molecule has 2 rings (SSSR count). The van der Waals surface area contributed by atoms with Crippen molar-refractivity contribution in [2.24, 2.45) is 0 Å². The van der Waals surface area contributed by atoms with Gasteiger partial charge in [-0.3, -0.25) is 29.0 Å². The molecule has 6 heteroatoms. The van der Waals surface area contributed by atoms with E-state index in [9.17, 15) is 19.2 Å². The molecule has 0 aliphatic carbocycles. The molecule has 1 unspecified atom stereocenters. The first-order valence-electron chi connectivity index (χ1n) is 6.13. The second kappa shape index (κ2) is 5.17. The number of carbonyl (C=O) groups is 4. The van der Waals surface area contributed by atoms with Gasteiger partial charge in [-0.1, -0.05) is 6.92 Å². The maximum atomic E-state index is 11.6. The van der Waals surface area contributed by atoms with Crippen molar-refractivity contribution in [3.8, 4) is 0 Å². The Morgan fingerprint density at radius 3 is 1.84 bits per heavy atom. The molecule has 19 heavy (non-hydrogen) atoms. The average molecular weight is 262 g/mol. The van der Waals surface area contributed by atoms with Crippen molar-refractivity contribution in [2.45, 2.75) is 25.8 Å². The van der Waals surface area contributed by atoms with Gasteiger partial charge in [-0.05, 0) is 12.8 Å². The lowest BCUT2D eigenvalue weighted by molar-refractivity contribution is -0.139. The summed E-state index contributed by atoms with van der Waals surface area (Å²) >= 11 is 0. The molecule has 0 fully saturated rings. The van der Waals surface area contributed by atoms with E-state index >= 15 is 0 Å². The first kappa shape index (κ1) is 13.2. The number of nitrogens with zero attached hydrogens (tertiary/aromatic N) is 2. The molecule has 0 spiro atoms. The van der Waals surface area contributed by atoms with Gasteiger partial charge >= 0.3 is 0 Å². The van der Waals surface area contributed by atoms with E-state index in [4.69, 9.17) is 0 Å². The molecule has 4 amide bonds. The zero-order chi connectivity index (χ0) is 14.0. The fraction of sp³-hybridized carbons (Fsp3) is 0.385. The molecule has 6 nitrogen and oxygen atoms in total. The quantitative estimate of drug-likeness (QED) is 0.654. The highest BCUT2D eigenvalue weighted by Gasteiger charge is 2.31. The summed E-state index contributed by atoms with van der Waals surface area (Å²) in [5, 5.41) is 0. The minimum atomic E-state index is -0.350. The topological polar surface area (TPSA) is 74.8 Å². The van der Waals surface area contributed by atoms with Gasteiger partial charge in [0, 0.05) is 36.9 Å². The van der Waals surface area contributed by atoms with Gasteiger partial charge in [-0.15, -0.1) is 0 Å². The van der Waals surface area contributed by atoms with Crippen LogP contribution >= 0.6 is 0 Å². The molecule has 0 radical (unpaired) electrons. The molecule has 0 saturated heterocycles. The van der Waals surface area contributed by atoms with Crippen LogP contribution in [0, 0.1) is 0 Å². The van der Waals surface area contributed by atoms with E-state index in [2.05, 4.69) is 0 Å². The minimum absolute atomic E-state index is 0.209. The van der Waals surface area contributed by atoms with Gasteiger partial charge in [0.2, 0.25) is 0 Å². The molecule has 0 saturated carbocycles. The maximum Gasteiger partial charge on any atom is 0.253 e. The van der Waals surface area contributed by atoms with Crippen molar-refractivity contribution in [1.82, 2.24) is 9.80 Å². The van der Waals surface area contributed by atoms with E-state index in [1.54, 1.807) is 0 Å². The summed E-state index contributed by atoms with van der Waals surface area (Å²) in [7, 11) is 0. The van der Waals surface area contributed by atoms with Gasteiger partial charge in [0.05, 0.1) is 0 Å². The molecule has 0 aromatic heterocycles. The first-order valence-corrected chi connectivity index (χ1v) is 6.13. The van der Waals surface area contributed by atoms with Crippen molar-refractivity contribution in [3.63, 3.8) is 0 Å². The maximum absolute atomic E-state index is 11.6. The zero-order valence-electron chi connectivity index (χ0n) is 10.5. The number of amides is 4. The summed E-state index contributed by atoms with van der Waals surface area (Å²) in [4.78, 5) is 48.2. The van der Waals surface area contributed by atoms with Crippen molar-refractivity contribution >= 4 is 23.6 Å². The van der Waals surface area contributed by atoms with Crippen LogP contribution in [0.25, 0.3) is 0 Å². The highest BCUT2D eigenvalue weighted by Crippen LogP contribution is 2.16. The lowest BCUT2D eigenvalue weighted by atomic mass is 10.1. The molecule has 2 heterocycles. The molecule has 0 aromatic carbocycles. The monoisotopic (exact) mass is 262 g/mol. The van der Waals surface area contributed by atoms with Crippen LogP contribution in [0.1, 0.15) is 19.8 Å². The minimum Gasteiger partial charge on any atom is -0.275 e. The molecular weight excluding hydrogens is 248 g/mol. The second-order valence-electron chi connectivity index (χ2n) is 4.39. The third-order valence-corrected chi connectivity index (χ3v) is 3.27. The van der Waals surface area contributed by atoms with Gasteiger partial charge in [0.15, 0.2) is 0 Å². The molecule has 0 N–H and O–H groups in total. The molecule has 0 bridgehead atoms. The summed E-state index contributed by atoms with van der Waals surface area (Å²) < 4.78 is 0. The molecule has 1 atom stereocenters. The van der Waals surface area contributed by atoms with E-state index in [-0.39, 0.29) is 36.2 Å². The van der Waals surface area contributed by atoms with Crippen LogP contribution in [0.2, 0.25) is 0 Å². The smallest absolute Gasteiger partial charge is 0.253 e. The fourth-order valence-electron chi connectivity index (χ4n) is 2.22. The molecular formula is C13H14N2O4. The normalized spacial score (nSPS) is 20.1. The van der Waals surface area contributed by atoms with E-state index < -0.39 is 0 Å². The Morgan fingerprint density at radius 1 is 0.895 bits per heavy atom. The van der Waals surface area contributed by atoms with Gasteiger partial charge in [-0.2, -0.15) is 0 Å². The predicted molar refractivity (Wildman–Crippen MR) is 65.5 cm³/mol. The van der Waals surface area contributed by atoms with Crippen LogP contribution in [0.15, 0.2) is 24.3 Å². The van der Waals surface area contributed by atoms with Gasteiger partial charge in [0.1, 0.15) is 0 Å². The first-order chi connectivity index (χ1) is 9.04. The lowest BCUT2D eigenvalue weighted by Crippen LogP contribution is -2.42. The summed E-state index contributed by atoms with van der Waals surface area (Å²) in [5.41, 5.74) is 0. The number of imide groups is 2. The Kier molecular flexibility index (Phi) is 3.59. The Balaban J connectivity index is 1.97. The van der Waals surface area contributed by atoms with Crippen molar-refractivity contribution in [1.29, 1.82) is 0 Å². The largest absolute Gasteiger partial charge is 0.275 e. The second-order valence-corrected chi connectivity index (χ2v) is 4.39. The predicted octanol–water partition coefficient (Wildman–Crippen LogP) is 0.00510. The van der Waals surface area contributed by atoms with Gasteiger partial charge in [0.25, 0.3) is 23.6 Å². The average Bonchev–Trinajstić information content (AvgIpc) is 2.87. The fourth-order valence-corrected chi connectivity index (χ4v) is 2.22. The van der Waals surface area contributed by atoms with Crippen LogP contribution < -0.4 is 0 Å². The van der Waals surface area contributed by atoms with Crippen LogP contribution in [-0.4, -0.2) is 46.0 Å². The van der Waals surface area contributed by atoms with E-state index in [1.165, 1.54) is 29.2 Å². The zero-order valence-corrected chi connectivity index (χ0v) is 10.5. The lowest BCUT2D eigenvalue weighted by Gasteiger charge is -2.26. The molecule has 2 aliphatic rings. The van der Waals surface area contributed by atoms with E-state index in [0.29, 0.717) is 12.8 Å². The number of hydrogen-bond acceptors (Lipinski definition) is 4. The van der Waals surface area contributed by atoms with Crippen LogP contribution in [0.3, 0.4) is 0 Å². The Labute approximate surface area is 110 Å². The van der Waals surface area contributed by atoms with Crippen LogP contribution in [0.5, 0.6) is 0 Å². The van der Waals surface area contributed by atoms with Crippen molar-refractivity contribution in [2.75, 3.05) is 6.54 Å². The van der Waals surface area contributed by atoms with Crippen molar-refractivity contribution in [3.05, 3.63) is 24.3 Å². The Morgan fingerprint density at radius 2 is 1.37 bits per heavy atom. The van der Waals surface area contributed by atoms with Crippen molar-refractivity contribution < 1.29 is 19.2 Å². The summed E-state index contributed by atoms with van der Waals surface area (Å²) in [6, 6.07) is -0.295.